The molecule has 0 N–H and O–H groups in total. The molecule has 5 nitrogen and oxygen atoms in total. The molecule has 1 aromatic rings. The predicted octanol–water partition coefficient (Wildman–Crippen LogP) is 0.873. The predicted molar refractivity (Wildman–Crippen MR) is 52.1 cm³/mol. The van der Waals surface area contributed by atoms with Gasteiger partial charge in [-0.25, -0.2) is 9.29 Å². The first-order valence-electron chi connectivity index (χ1n) is 3.50. The molecule has 0 bridgehead atoms. The normalized spacial score (nSPS) is 10.6. The summed E-state index contributed by atoms with van der Waals surface area (Å²) < 4.78 is 22.6. The van der Waals surface area contributed by atoms with E-state index in [4.69, 9.17) is 15.9 Å². The van der Waals surface area contributed by atoms with Crippen molar-refractivity contribution >= 4 is 25.7 Å². The van der Waals surface area contributed by atoms with Crippen molar-refractivity contribution < 1.29 is 8.42 Å². The Morgan fingerprint density at radius 1 is 1.57 bits per heavy atom. The van der Waals surface area contributed by atoms with Crippen molar-refractivity contribution in [2.24, 2.45) is 0 Å². The Morgan fingerprint density at radius 2 is 2.21 bits per heavy atom. The molecule has 1 heterocycles. The summed E-state index contributed by atoms with van der Waals surface area (Å²) in [4.78, 5) is 3.76. The fourth-order valence-electron chi connectivity index (χ4n) is 0.750. The molecular weight excluding hydrogens is 226 g/mol. The highest BCUT2D eigenvalue weighted by atomic mass is 35.7. The first-order chi connectivity index (χ1) is 6.45. The number of nitrogens with zero attached hydrogens (tertiary/aromatic N) is 3. The topological polar surface area (TPSA) is 74.1 Å². The molecule has 1 aromatic heterocycles. The number of nitriles is 1. The largest absolute Gasteiger partial charge is 0.322 e. The molecule has 74 valence electrons. The van der Waals surface area contributed by atoms with Gasteiger partial charge in [0, 0.05) is 23.9 Å². The van der Waals surface area contributed by atoms with Crippen LogP contribution in [0.15, 0.2) is 18.3 Å². The summed E-state index contributed by atoms with van der Waals surface area (Å²) in [6.45, 7) is 0. The van der Waals surface area contributed by atoms with E-state index < -0.39 is 9.24 Å². The summed E-state index contributed by atoms with van der Waals surface area (Å²) >= 11 is 0. The van der Waals surface area contributed by atoms with E-state index in [1.54, 1.807) is 0 Å². The number of hydrogen-bond donors (Lipinski definition) is 0. The number of rotatable bonds is 2. The molecule has 0 aliphatic heterocycles. The lowest BCUT2D eigenvalue weighted by atomic mass is 10.3. The zero-order valence-corrected chi connectivity index (χ0v) is 8.75. The standard InChI is InChI=1S/C7H6ClN3O2S/c1-11(14(8,12)13)7-3-2-6(4-9)5-10-7/h2-3,5H,1H3. The molecule has 0 amide bonds. The highest BCUT2D eigenvalue weighted by molar-refractivity contribution is 8.14. The van der Waals surface area contributed by atoms with Crippen LogP contribution in [-0.2, 0) is 9.24 Å². The van der Waals surface area contributed by atoms with Gasteiger partial charge in [0.1, 0.15) is 11.9 Å². The molecule has 0 saturated carbocycles. The molecule has 0 aliphatic rings. The third kappa shape index (κ3) is 2.34. The highest BCUT2D eigenvalue weighted by Crippen LogP contribution is 2.15. The van der Waals surface area contributed by atoms with Crippen LogP contribution >= 0.6 is 10.7 Å². The van der Waals surface area contributed by atoms with Crippen LogP contribution in [0, 0.1) is 11.3 Å². The van der Waals surface area contributed by atoms with Crippen LogP contribution in [-0.4, -0.2) is 20.4 Å². The van der Waals surface area contributed by atoms with Crippen LogP contribution < -0.4 is 4.31 Å². The number of pyridine rings is 1. The van der Waals surface area contributed by atoms with Crippen molar-refractivity contribution in [2.45, 2.75) is 0 Å². The lowest BCUT2D eigenvalue weighted by Crippen LogP contribution is -2.22. The summed E-state index contributed by atoms with van der Waals surface area (Å²) in [6.07, 6.45) is 1.27. The summed E-state index contributed by atoms with van der Waals surface area (Å²) in [7, 11) is 2.54. The van der Waals surface area contributed by atoms with Crippen molar-refractivity contribution in [2.75, 3.05) is 11.4 Å². The van der Waals surface area contributed by atoms with Gasteiger partial charge in [-0.3, -0.25) is 0 Å². The maximum Gasteiger partial charge on any atom is 0.322 e. The van der Waals surface area contributed by atoms with Gasteiger partial charge in [0.15, 0.2) is 0 Å². The average molecular weight is 232 g/mol. The second-order valence-corrected chi connectivity index (χ2v) is 4.97. The van der Waals surface area contributed by atoms with Gasteiger partial charge in [0.2, 0.25) is 0 Å². The molecule has 0 saturated heterocycles. The first-order valence-corrected chi connectivity index (χ1v) is 5.76. The van der Waals surface area contributed by atoms with Crippen LogP contribution in [0.4, 0.5) is 5.82 Å². The minimum atomic E-state index is -3.82. The Hall–Kier alpha value is -1.32. The van der Waals surface area contributed by atoms with Gasteiger partial charge in [-0.1, -0.05) is 0 Å². The van der Waals surface area contributed by atoms with Crippen molar-refractivity contribution in [3.63, 3.8) is 0 Å². The van der Waals surface area contributed by atoms with Gasteiger partial charge in [-0.05, 0) is 12.1 Å². The van der Waals surface area contributed by atoms with Crippen LogP contribution in [0.2, 0.25) is 0 Å². The van der Waals surface area contributed by atoms with Crippen molar-refractivity contribution in [1.29, 1.82) is 5.26 Å². The molecule has 7 heteroatoms. The maximum atomic E-state index is 10.9. The van der Waals surface area contributed by atoms with Crippen molar-refractivity contribution in [1.82, 2.24) is 4.98 Å². The Morgan fingerprint density at radius 3 is 2.57 bits per heavy atom. The fourth-order valence-corrected chi connectivity index (χ4v) is 1.29. The Labute approximate surface area is 86.1 Å². The van der Waals surface area contributed by atoms with Crippen LogP contribution in [0.25, 0.3) is 0 Å². The maximum absolute atomic E-state index is 10.9. The lowest BCUT2D eigenvalue weighted by Gasteiger charge is -2.12. The number of anilines is 1. The quantitative estimate of drug-likeness (QED) is 0.708. The molecule has 0 unspecified atom stereocenters. The zero-order valence-electron chi connectivity index (χ0n) is 7.18. The number of hydrogen-bond acceptors (Lipinski definition) is 4. The van der Waals surface area contributed by atoms with E-state index >= 15 is 0 Å². The molecule has 0 spiro atoms. The Bertz CT molecular complexity index is 463. The van der Waals surface area contributed by atoms with E-state index in [0.717, 1.165) is 4.31 Å². The summed E-state index contributed by atoms with van der Waals surface area (Å²) in [5.74, 6) is 0.166. The molecule has 0 atom stereocenters. The van der Waals surface area contributed by atoms with E-state index in [1.807, 2.05) is 6.07 Å². The third-order valence-electron chi connectivity index (χ3n) is 1.53. The highest BCUT2D eigenvalue weighted by Gasteiger charge is 2.15. The van der Waals surface area contributed by atoms with Gasteiger partial charge in [-0.2, -0.15) is 13.7 Å². The molecule has 0 fully saturated rings. The molecule has 1 rings (SSSR count). The number of halogens is 1. The van der Waals surface area contributed by atoms with Crippen LogP contribution in [0.1, 0.15) is 5.56 Å². The summed E-state index contributed by atoms with van der Waals surface area (Å²) in [5.41, 5.74) is 0.356. The fraction of sp³-hybridized carbons (Fsp3) is 0.143. The Balaban J connectivity index is 3.06. The third-order valence-corrected chi connectivity index (χ3v) is 2.99. The van der Waals surface area contributed by atoms with E-state index in [0.29, 0.717) is 5.56 Å². The second kappa shape index (κ2) is 3.82. The van der Waals surface area contributed by atoms with E-state index in [-0.39, 0.29) is 5.82 Å². The lowest BCUT2D eigenvalue weighted by molar-refractivity contribution is 0.607. The monoisotopic (exact) mass is 231 g/mol. The van der Waals surface area contributed by atoms with Crippen LogP contribution in [0.5, 0.6) is 0 Å². The van der Waals surface area contributed by atoms with Gasteiger partial charge < -0.3 is 0 Å². The van der Waals surface area contributed by atoms with Crippen LogP contribution in [0.3, 0.4) is 0 Å². The molecule has 0 aliphatic carbocycles. The molecule has 14 heavy (non-hydrogen) atoms. The smallest absolute Gasteiger partial charge is 0.244 e. The first kappa shape index (κ1) is 10.8. The van der Waals surface area contributed by atoms with Gasteiger partial charge >= 0.3 is 9.24 Å². The minimum Gasteiger partial charge on any atom is -0.244 e. The van der Waals surface area contributed by atoms with E-state index in [1.165, 1.54) is 25.4 Å². The van der Waals surface area contributed by atoms with Crippen molar-refractivity contribution in [3.05, 3.63) is 23.9 Å². The summed E-state index contributed by atoms with van der Waals surface area (Å²) in [5, 5.41) is 8.48. The van der Waals surface area contributed by atoms with Crippen molar-refractivity contribution in [3.8, 4) is 6.07 Å². The van der Waals surface area contributed by atoms with Gasteiger partial charge in [0.05, 0.1) is 5.56 Å². The molecule has 0 aromatic carbocycles. The summed E-state index contributed by atoms with van der Waals surface area (Å²) in [6, 6.07) is 4.73. The van der Waals surface area contributed by atoms with Gasteiger partial charge in [-0.15, -0.1) is 0 Å². The number of aromatic nitrogens is 1. The molecular formula is C7H6ClN3O2S. The zero-order chi connectivity index (χ0) is 10.8. The van der Waals surface area contributed by atoms with Gasteiger partial charge in [0.25, 0.3) is 0 Å². The second-order valence-electron chi connectivity index (χ2n) is 2.43. The average Bonchev–Trinajstić information content (AvgIpc) is 2.15. The Kier molecular flexibility index (Phi) is 2.93. The SMILES string of the molecule is CN(c1ccc(C#N)cn1)S(=O)(=O)Cl. The van der Waals surface area contributed by atoms with E-state index in [9.17, 15) is 8.42 Å². The molecule has 0 radical (unpaired) electrons. The minimum absolute atomic E-state index is 0.166. The van der Waals surface area contributed by atoms with E-state index in [2.05, 4.69) is 4.98 Å².